The van der Waals surface area contributed by atoms with Crippen LogP contribution in [0.15, 0.2) is 6.20 Å². The molecule has 0 spiro atoms. The molecular weight excluding hydrogens is 290 g/mol. The standard InChI is InChI=1S/C4H4F2IN3.ClH/c5-4(6)10-1-2(7)3(8)9-10;/h1,4H,(H2,8,9);1H. The van der Waals surface area contributed by atoms with Crippen molar-refractivity contribution in [3.63, 3.8) is 0 Å². The molecule has 0 saturated heterocycles. The predicted octanol–water partition coefficient (Wildman–Crippen LogP) is 1.89. The summed E-state index contributed by atoms with van der Waals surface area (Å²) in [6.45, 7) is -2.61. The van der Waals surface area contributed by atoms with Crippen LogP contribution in [0.1, 0.15) is 6.55 Å². The molecular formula is C4H5ClF2IN3. The highest BCUT2D eigenvalue weighted by Crippen LogP contribution is 2.16. The number of rotatable bonds is 1. The Morgan fingerprint density at radius 1 is 1.64 bits per heavy atom. The van der Waals surface area contributed by atoms with Gasteiger partial charge in [-0.2, -0.15) is 8.78 Å². The molecule has 1 aromatic heterocycles. The van der Waals surface area contributed by atoms with E-state index in [1.165, 1.54) is 6.20 Å². The maximum absolute atomic E-state index is 11.8. The zero-order valence-corrected chi connectivity index (χ0v) is 8.14. The number of hydrogen-bond acceptors (Lipinski definition) is 2. The summed E-state index contributed by atoms with van der Waals surface area (Å²) in [6.07, 6.45) is 1.19. The number of halogens is 4. The van der Waals surface area contributed by atoms with Crippen LogP contribution in [0.3, 0.4) is 0 Å². The maximum atomic E-state index is 11.8. The van der Waals surface area contributed by atoms with Crippen molar-refractivity contribution in [2.75, 3.05) is 5.73 Å². The average Bonchev–Trinajstić information content (AvgIpc) is 2.13. The number of hydrogen-bond donors (Lipinski definition) is 1. The van der Waals surface area contributed by atoms with Crippen molar-refractivity contribution < 1.29 is 8.78 Å². The Kier molecular flexibility index (Phi) is 4.01. The molecule has 0 bridgehead atoms. The average molecular weight is 295 g/mol. The topological polar surface area (TPSA) is 43.8 Å². The zero-order chi connectivity index (χ0) is 7.72. The molecule has 0 atom stereocenters. The minimum absolute atomic E-state index is 0. The summed E-state index contributed by atoms with van der Waals surface area (Å²) in [5.41, 5.74) is 5.21. The van der Waals surface area contributed by atoms with Gasteiger partial charge >= 0.3 is 6.55 Å². The Hall–Kier alpha value is -0.110. The van der Waals surface area contributed by atoms with Gasteiger partial charge in [-0.1, -0.05) is 0 Å². The van der Waals surface area contributed by atoms with Gasteiger partial charge in [-0.05, 0) is 22.6 Å². The molecule has 0 aliphatic heterocycles. The van der Waals surface area contributed by atoms with Crippen LogP contribution >= 0.6 is 35.0 Å². The van der Waals surface area contributed by atoms with Gasteiger partial charge in [0.1, 0.15) is 0 Å². The van der Waals surface area contributed by atoms with Gasteiger partial charge in [0.25, 0.3) is 0 Å². The molecule has 0 radical (unpaired) electrons. The second-order valence-electron chi connectivity index (χ2n) is 1.62. The van der Waals surface area contributed by atoms with E-state index in [2.05, 4.69) is 5.10 Å². The van der Waals surface area contributed by atoms with Gasteiger partial charge in [0.15, 0.2) is 5.82 Å². The summed E-state index contributed by atoms with van der Waals surface area (Å²) < 4.78 is 24.7. The van der Waals surface area contributed by atoms with E-state index in [4.69, 9.17) is 5.73 Å². The molecule has 0 aromatic carbocycles. The number of anilines is 1. The molecule has 0 aliphatic rings. The fourth-order valence-corrected chi connectivity index (χ4v) is 0.877. The van der Waals surface area contributed by atoms with Crippen LogP contribution in [0.4, 0.5) is 14.6 Å². The Bertz CT molecular complexity index is 220. The summed E-state index contributed by atoms with van der Waals surface area (Å²) in [7, 11) is 0. The van der Waals surface area contributed by atoms with Crippen molar-refractivity contribution in [2.24, 2.45) is 0 Å². The molecule has 0 fully saturated rings. The van der Waals surface area contributed by atoms with E-state index in [9.17, 15) is 8.78 Å². The lowest BCUT2D eigenvalue weighted by molar-refractivity contribution is 0.0568. The smallest absolute Gasteiger partial charge is 0.333 e. The summed E-state index contributed by atoms with van der Waals surface area (Å²) in [4.78, 5) is 0. The predicted molar refractivity (Wildman–Crippen MR) is 47.9 cm³/mol. The van der Waals surface area contributed by atoms with E-state index in [1.807, 2.05) is 22.6 Å². The summed E-state index contributed by atoms with van der Waals surface area (Å²) >= 11 is 1.84. The van der Waals surface area contributed by atoms with Gasteiger partial charge in [-0.3, -0.25) is 0 Å². The van der Waals surface area contributed by atoms with E-state index in [1.54, 1.807) is 0 Å². The van der Waals surface area contributed by atoms with Crippen molar-refractivity contribution in [1.82, 2.24) is 9.78 Å². The summed E-state index contributed by atoms with van der Waals surface area (Å²) in [5, 5.41) is 3.35. The summed E-state index contributed by atoms with van der Waals surface area (Å²) in [5.74, 6) is 0.140. The largest absolute Gasteiger partial charge is 0.381 e. The SMILES string of the molecule is Cl.Nc1nn(C(F)F)cc1I. The van der Waals surface area contributed by atoms with Crippen molar-refractivity contribution in [2.45, 2.75) is 6.55 Å². The van der Waals surface area contributed by atoms with Crippen LogP contribution in [-0.2, 0) is 0 Å². The van der Waals surface area contributed by atoms with Gasteiger partial charge in [0.05, 0.1) is 3.57 Å². The molecule has 64 valence electrons. The first-order chi connectivity index (χ1) is 4.61. The van der Waals surface area contributed by atoms with Crippen LogP contribution in [0.25, 0.3) is 0 Å². The lowest BCUT2D eigenvalue weighted by atomic mass is 10.7. The van der Waals surface area contributed by atoms with Crippen LogP contribution in [0.2, 0.25) is 0 Å². The number of nitrogen functional groups attached to an aromatic ring is 1. The van der Waals surface area contributed by atoms with Gasteiger partial charge in [0, 0.05) is 6.20 Å². The van der Waals surface area contributed by atoms with Crippen LogP contribution in [-0.4, -0.2) is 9.78 Å². The van der Waals surface area contributed by atoms with E-state index in [0.717, 1.165) is 0 Å². The first-order valence-electron chi connectivity index (χ1n) is 2.39. The molecule has 0 amide bonds. The van der Waals surface area contributed by atoms with E-state index >= 15 is 0 Å². The van der Waals surface area contributed by atoms with Crippen molar-refractivity contribution in [3.8, 4) is 0 Å². The fourth-order valence-electron chi connectivity index (χ4n) is 0.483. The molecule has 0 unspecified atom stereocenters. The molecule has 2 N–H and O–H groups in total. The first kappa shape index (κ1) is 10.9. The maximum Gasteiger partial charge on any atom is 0.333 e. The normalized spacial score (nSPS) is 9.82. The van der Waals surface area contributed by atoms with Gasteiger partial charge in [-0.25, -0.2) is 4.68 Å². The van der Waals surface area contributed by atoms with E-state index in [-0.39, 0.29) is 18.2 Å². The van der Waals surface area contributed by atoms with Crippen molar-refractivity contribution >= 4 is 40.8 Å². The molecule has 1 aromatic rings. The minimum atomic E-state index is -2.61. The Labute approximate surface area is 81.5 Å². The highest BCUT2D eigenvalue weighted by molar-refractivity contribution is 14.1. The minimum Gasteiger partial charge on any atom is -0.381 e. The highest BCUT2D eigenvalue weighted by atomic mass is 127. The lowest BCUT2D eigenvalue weighted by Crippen LogP contribution is -1.98. The van der Waals surface area contributed by atoms with Crippen LogP contribution < -0.4 is 5.73 Å². The molecule has 7 heteroatoms. The molecule has 0 saturated carbocycles. The first-order valence-corrected chi connectivity index (χ1v) is 3.47. The number of alkyl halides is 2. The highest BCUT2D eigenvalue weighted by Gasteiger charge is 2.08. The number of nitrogens with two attached hydrogens (primary N) is 1. The molecule has 11 heavy (non-hydrogen) atoms. The van der Waals surface area contributed by atoms with Gasteiger partial charge < -0.3 is 5.73 Å². The molecule has 1 rings (SSSR count). The van der Waals surface area contributed by atoms with Crippen molar-refractivity contribution in [3.05, 3.63) is 9.77 Å². The second kappa shape index (κ2) is 4.05. The van der Waals surface area contributed by atoms with Crippen LogP contribution in [0.5, 0.6) is 0 Å². The number of aromatic nitrogens is 2. The monoisotopic (exact) mass is 295 g/mol. The van der Waals surface area contributed by atoms with E-state index in [0.29, 0.717) is 8.25 Å². The third-order valence-electron chi connectivity index (χ3n) is 0.913. The second-order valence-corrected chi connectivity index (χ2v) is 2.78. The summed E-state index contributed by atoms with van der Waals surface area (Å²) in [6, 6.07) is 0. The third-order valence-corrected chi connectivity index (χ3v) is 1.74. The quantitative estimate of drug-likeness (QED) is 0.804. The van der Waals surface area contributed by atoms with E-state index < -0.39 is 6.55 Å². The molecule has 1 heterocycles. The zero-order valence-electron chi connectivity index (χ0n) is 5.17. The van der Waals surface area contributed by atoms with Gasteiger partial charge in [0.2, 0.25) is 0 Å². The lowest BCUT2D eigenvalue weighted by Gasteiger charge is -1.94. The Balaban J connectivity index is 0.000001000. The molecule has 3 nitrogen and oxygen atoms in total. The van der Waals surface area contributed by atoms with Crippen molar-refractivity contribution in [1.29, 1.82) is 0 Å². The number of nitrogens with zero attached hydrogens (tertiary/aromatic N) is 2. The molecule has 0 aliphatic carbocycles. The fraction of sp³-hybridized carbons (Fsp3) is 0.250. The van der Waals surface area contributed by atoms with Gasteiger partial charge in [-0.15, -0.1) is 17.5 Å². The van der Waals surface area contributed by atoms with Crippen LogP contribution in [0, 0.1) is 3.57 Å². The Morgan fingerprint density at radius 2 is 2.18 bits per heavy atom. The third kappa shape index (κ3) is 2.44. The Morgan fingerprint density at radius 3 is 2.36 bits per heavy atom.